The third-order valence-electron chi connectivity index (χ3n) is 2.47. The first kappa shape index (κ1) is 10.2. The molecule has 13 heavy (non-hydrogen) atoms. The summed E-state index contributed by atoms with van der Waals surface area (Å²) in [5.41, 5.74) is 0. The first-order chi connectivity index (χ1) is 6.15. The molecular formula is C10H16O3. The van der Waals surface area contributed by atoms with Gasteiger partial charge in [0, 0.05) is 12.3 Å². The van der Waals surface area contributed by atoms with Crippen molar-refractivity contribution in [2.24, 2.45) is 5.92 Å². The predicted octanol–water partition coefficient (Wildman–Crippen LogP) is 1.70. The van der Waals surface area contributed by atoms with Crippen molar-refractivity contribution in [2.75, 3.05) is 0 Å². The lowest BCUT2D eigenvalue weighted by molar-refractivity contribution is -0.158. The zero-order valence-electron chi connectivity index (χ0n) is 8.21. The van der Waals surface area contributed by atoms with E-state index in [4.69, 9.17) is 4.74 Å². The van der Waals surface area contributed by atoms with Crippen LogP contribution in [-0.4, -0.2) is 17.9 Å². The molecule has 1 aliphatic rings. The van der Waals surface area contributed by atoms with Gasteiger partial charge in [-0.3, -0.25) is 9.59 Å². The molecule has 0 heterocycles. The average Bonchev–Trinajstić information content (AvgIpc) is 2.13. The quantitative estimate of drug-likeness (QED) is 0.613. The highest BCUT2D eigenvalue weighted by Gasteiger charge is 2.30. The van der Waals surface area contributed by atoms with Crippen molar-refractivity contribution in [3.63, 3.8) is 0 Å². The highest BCUT2D eigenvalue weighted by atomic mass is 16.5. The van der Waals surface area contributed by atoms with E-state index >= 15 is 0 Å². The van der Waals surface area contributed by atoms with E-state index in [0.717, 1.165) is 12.8 Å². The van der Waals surface area contributed by atoms with Gasteiger partial charge in [0.2, 0.25) is 0 Å². The van der Waals surface area contributed by atoms with Gasteiger partial charge in [-0.1, -0.05) is 13.8 Å². The molecule has 1 saturated carbocycles. The molecule has 0 N–H and O–H groups in total. The van der Waals surface area contributed by atoms with Crippen molar-refractivity contribution < 1.29 is 14.3 Å². The van der Waals surface area contributed by atoms with Crippen LogP contribution in [0.2, 0.25) is 0 Å². The molecule has 3 nitrogen and oxygen atoms in total. The molecule has 0 spiro atoms. The maximum Gasteiger partial charge on any atom is 0.306 e. The van der Waals surface area contributed by atoms with Gasteiger partial charge in [-0.25, -0.2) is 0 Å². The third-order valence-corrected chi connectivity index (χ3v) is 2.47. The Morgan fingerprint density at radius 1 is 1.54 bits per heavy atom. The Hall–Kier alpha value is -0.860. The fourth-order valence-corrected chi connectivity index (χ4v) is 1.57. The van der Waals surface area contributed by atoms with Crippen LogP contribution >= 0.6 is 0 Å². The van der Waals surface area contributed by atoms with E-state index in [0.29, 0.717) is 12.8 Å². The van der Waals surface area contributed by atoms with Gasteiger partial charge in [0.05, 0.1) is 0 Å². The van der Waals surface area contributed by atoms with Crippen molar-refractivity contribution in [1.29, 1.82) is 0 Å². The third kappa shape index (κ3) is 2.54. The van der Waals surface area contributed by atoms with Crippen molar-refractivity contribution in [2.45, 2.75) is 45.6 Å². The van der Waals surface area contributed by atoms with Gasteiger partial charge in [-0.05, 0) is 19.3 Å². The van der Waals surface area contributed by atoms with E-state index in [-0.39, 0.29) is 17.7 Å². The molecule has 1 aliphatic carbocycles. The molecule has 0 saturated heterocycles. The maximum absolute atomic E-state index is 11.5. The monoisotopic (exact) mass is 184 g/mol. The van der Waals surface area contributed by atoms with Crippen LogP contribution in [-0.2, 0) is 14.3 Å². The molecule has 0 bridgehead atoms. The molecule has 0 aromatic rings. The summed E-state index contributed by atoms with van der Waals surface area (Å²) in [5, 5.41) is 0. The van der Waals surface area contributed by atoms with Crippen LogP contribution in [0.4, 0.5) is 0 Å². The van der Waals surface area contributed by atoms with Crippen molar-refractivity contribution in [1.82, 2.24) is 0 Å². The second-order valence-corrected chi connectivity index (χ2v) is 3.57. The van der Waals surface area contributed by atoms with Crippen molar-refractivity contribution >= 4 is 11.8 Å². The Kier molecular flexibility index (Phi) is 3.46. The van der Waals surface area contributed by atoms with Crippen LogP contribution in [0, 0.1) is 5.92 Å². The Bertz CT molecular complexity index is 210. The lowest BCUT2D eigenvalue weighted by atomic mass is 9.87. The molecule has 0 aromatic heterocycles. The summed E-state index contributed by atoms with van der Waals surface area (Å²) in [6.45, 7) is 3.63. The smallest absolute Gasteiger partial charge is 0.306 e. The minimum absolute atomic E-state index is 0.0587. The maximum atomic E-state index is 11.5. The highest BCUT2D eigenvalue weighted by molar-refractivity contribution is 5.87. The first-order valence-electron chi connectivity index (χ1n) is 4.88. The van der Waals surface area contributed by atoms with Gasteiger partial charge in [0.15, 0.2) is 11.9 Å². The Balaban J connectivity index is 2.49. The minimum Gasteiger partial charge on any atom is -0.454 e. The van der Waals surface area contributed by atoms with E-state index in [1.165, 1.54) is 0 Å². The van der Waals surface area contributed by atoms with Crippen LogP contribution in [0.15, 0.2) is 0 Å². The molecule has 0 aliphatic heterocycles. The standard InChI is InChI=1S/C10H16O3/c1-3-9(11)13-8-6-4-5-7(2)10(8)12/h7-8H,3-6H2,1-2H3. The average molecular weight is 184 g/mol. The van der Waals surface area contributed by atoms with E-state index < -0.39 is 6.10 Å². The zero-order chi connectivity index (χ0) is 9.84. The van der Waals surface area contributed by atoms with Crippen molar-refractivity contribution in [3.05, 3.63) is 0 Å². The number of carbonyl (C=O) groups is 2. The summed E-state index contributed by atoms with van der Waals surface area (Å²) in [7, 11) is 0. The summed E-state index contributed by atoms with van der Waals surface area (Å²) in [6.07, 6.45) is 2.50. The largest absolute Gasteiger partial charge is 0.454 e. The summed E-state index contributed by atoms with van der Waals surface area (Å²) in [4.78, 5) is 22.5. The van der Waals surface area contributed by atoms with Crippen LogP contribution in [0.1, 0.15) is 39.5 Å². The Labute approximate surface area is 78.5 Å². The number of hydrogen-bond acceptors (Lipinski definition) is 3. The first-order valence-corrected chi connectivity index (χ1v) is 4.88. The number of ether oxygens (including phenoxy) is 1. The molecule has 2 unspecified atom stereocenters. The van der Waals surface area contributed by atoms with Crippen LogP contribution in [0.25, 0.3) is 0 Å². The van der Waals surface area contributed by atoms with Gasteiger partial charge in [-0.15, -0.1) is 0 Å². The lowest BCUT2D eigenvalue weighted by Gasteiger charge is -2.24. The minimum atomic E-state index is -0.462. The van der Waals surface area contributed by atoms with E-state index in [9.17, 15) is 9.59 Å². The predicted molar refractivity (Wildman–Crippen MR) is 48.2 cm³/mol. The topological polar surface area (TPSA) is 43.4 Å². The number of Topliss-reactive ketones (excluding diaryl/α,β-unsaturated/α-hetero) is 1. The Morgan fingerprint density at radius 2 is 2.23 bits per heavy atom. The summed E-state index contributed by atoms with van der Waals surface area (Å²) in [6, 6.07) is 0. The molecule has 3 heteroatoms. The normalized spacial score (nSPS) is 28.6. The number of carbonyl (C=O) groups excluding carboxylic acids is 2. The summed E-state index contributed by atoms with van der Waals surface area (Å²) < 4.78 is 5.03. The number of rotatable bonds is 2. The van der Waals surface area contributed by atoms with Gasteiger partial charge in [0.1, 0.15) is 0 Å². The lowest BCUT2D eigenvalue weighted by Crippen LogP contribution is -2.34. The molecular weight excluding hydrogens is 168 g/mol. The molecule has 74 valence electrons. The zero-order valence-corrected chi connectivity index (χ0v) is 8.21. The molecule has 0 aromatic carbocycles. The summed E-state index contributed by atoms with van der Waals surface area (Å²) in [5.74, 6) is -0.121. The number of esters is 1. The van der Waals surface area contributed by atoms with Gasteiger partial charge in [-0.2, -0.15) is 0 Å². The van der Waals surface area contributed by atoms with E-state index in [1.54, 1.807) is 6.92 Å². The second-order valence-electron chi connectivity index (χ2n) is 3.57. The molecule has 0 amide bonds. The van der Waals surface area contributed by atoms with Gasteiger partial charge in [0.25, 0.3) is 0 Å². The molecule has 1 fully saturated rings. The fraction of sp³-hybridized carbons (Fsp3) is 0.800. The second kappa shape index (κ2) is 4.40. The molecule has 2 atom stereocenters. The van der Waals surface area contributed by atoms with Crippen molar-refractivity contribution in [3.8, 4) is 0 Å². The Morgan fingerprint density at radius 3 is 2.85 bits per heavy atom. The van der Waals surface area contributed by atoms with Crippen LogP contribution in [0.5, 0.6) is 0 Å². The van der Waals surface area contributed by atoms with Crippen LogP contribution < -0.4 is 0 Å². The molecule has 1 rings (SSSR count). The fourth-order valence-electron chi connectivity index (χ4n) is 1.57. The van der Waals surface area contributed by atoms with Gasteiger partial charge >= 0.3 is 5.97 Å². The molecule has 0 radical (unpaired) electrons. The van der Waals surface area contributed by atoms with Crippen LogP contribution in [0.3, 0.4) is 0 Å². The highest BCUT2D eigenvalue weighted by Crippen LogP contribution is 2.22. The number of ketones is 1. The number of hydrogen-bond donors (Lipinski definition) is 0. The SMILES string of the molecule is CCC(=O)OC1CCCC(C)C1=O. The van der Waals surface area contributed by atoms with E-state index in [1.807, 2.05) is 6.92 Å². The van der Waals surface area contributed by atoms with E-state index in [2.05, 4.69) is 0 Å². The summed E-state index contributed by atoms with van der Waals surface area (Å²) >= 11 is 0. The van der Waals surface area contributed by atoms with Gasteiger partial charge < -0.3 is 4.74 Å².